The minimum Gasteiger partial charge on any atom is -0.372 e. The number of piperidine rings is 1. The summed E-state index contributed by atoms with van der Waals surface area (Å²) >= 11 is 11.3. The number of rotatable bonds is 4. The largest absolute Gasteiger partial charge is 0.372 e. The van der Waals surface area contributed by atoms with Gasteiger partial charge in [-0.25, -0.2) is 0 Å². The lowest BCUT2D eigenvalue weighted by atomic mass is 9.98. The third-order valence-electron chi connectivity index (χ3n) is 4.99. The van der Waals surface area contributed by atoms with Gasteiger partial charge in [-0.2, -0.15) is 0 Å². The zero-order chi connectivity index (χ0) is 18.5. The van der Waals surface area contributed by atoms with Crippen LogP contribution in [0.15, 0.2) is 48.5 Å². The van der Waals surface area contributed by atoms with Gasteiger partial charge in [0.15, 0.2) is 5.11 Å². The standard InChI is InChI=1S/C21H26ClN3S/c1-15-11-13-25(14-12-15)20-9-3-17(4-10-20)16(2)23-21(26)24-19-7-5-18(22)6-8-19/h3-10,15-16H,11-14H2,1-2H3,(H2,23,24,26). The first-order chi connectivity index (χ1) is 12.5. The molecule has 0 bridgehead atoms. The molecule has 0 radical (unpaired) electrons. The second-order valence-corrected chi connectivity index (χ2v) is 7.93. The van der Waals surface area contributed by atoms with Gasteiger partial charge in [-0.15, -0.1) is 0 Å². The average molecular weight is 388 g/mol. The van der Waals surface area contributed by atoms with Crippen LogP contribution < -0.4 is 15.5 Å². The molecule has 3 rings (SSSR count). The molecular weight excluding hydrogens is 362 g/mol. The highest BCUT2D eigenvalue weighted by atomic mass is 35.5. The van der Waals surface area contributed by atoms with Crippen molar-refractivity contribution < 1.29 is 0 Å². The lowest BCUT2D eigenvalue weighted by Gasteiger charge is -2.32. The highest BCUT2D eigenvalue weighted by Crippen LogP contribution is 2.24. The molecule has 1 aliphatic rings. The van der Waals surface area contributed by atoms with E-state index < -0.39 is 0 Å². The summed E-state index contributed by atoms with van der Waals surface area (Å²) in [4.78, 5) is 2.48. The zero-order valence-corrected chi connectivity index (χ0v) is 16.9. The molecule has 0 amide bonds. The Bertz CT molecular complexity index is 722. The van der Waals surface area contributed by atoms with E-state index in [2.05, 4.69) is 53.6 Å². The molecule has 1 unspecified atom stereocenters. The molecule has 2 aromatic carbocycles. The number of hydrogen-bond acceptors (Lipinski definition) is 2. The lowest BCUT2D eigenvalue weighted by Crippen LogP contribution is -2.33. The highest BCUT2D eigenvalue weighted by Gasteiger charge is 2.16. The lowest BCUT2D eigenvalue weighted by molar-refractivity contribution is 0.438. The summed E-state index contributed by atoms with van der Waals surface area (Å²) in [5, 5.41) is 7.85. The predicted octanol–water partition coefficient (Wildman–Crippen LogP) is 5.62. The van der Waals surface area contributed by atoms with Crippen LogP contribution in [-0.2, 0) is 0 Å². The maximum Gasteiger partial charge on any atom is 0.171 e. The third kappa shape index (κ3) is 5.12. The van der Waals surface area contributed by atoms with E-state index in [1.165, 1.54) is 24.1 Å². The first-order valence-electron chi connectivity index (χ1n) is 9.19. The minimum absolute atomic E-state index is 0.137. The molecule has 1 atom stereocenters. The van der Waals surface area contributed by atoms with E-state index in [0.29, 0.717) is 10.1 Å². The van der Waals surface area contributed by atoms with Gasteiger partial charge in [0.2, 0.25) is 0 Å². The summed E-state index contributed by atoms with van der Waals surface area (Å²) in [6.45, 7) is 6.77. The van der Waals surface area contributed by atoms with Gasteiger partial charge < -0.3 is 15.5 Å². The van der Waals surface area contributed by atoms with Crippen molar-refractivity contribution in [1.29, 1.82) is 0 Å². The smallest absolute Gasteiger partial charge is 0.171 e. The average Bonchev–Trinajstić information content (AvgIpc) is 2.64. The van der Waals surface area contributed by atoms with Crippen LogP contribution >= 0.6 is 23.8 Å². The Morgan fingerprint density at radius 2 is 1.69 bits per heavy atom. The molecule has 0 aliphatic carbocycles. The van der Waals surface area contributed by atoms with Crippen molar-refractivity contribution in [3.63, 3.8) is 0 Å². The monoisotopic (exact) mass is 387 g/mol. The second kappa shape index (κ2) is 8.74. The molecule has 1 heterocycles. The van der Waals surface area contributed by atoms with Gasteiger partial charge in [0, 0.05) is 29.5 Å². The Morgan fingerprint density at radius 1 is 1.08 bits per heavy atom. The molecule has 26 heavy (non-hydrogen) atoms. The molecule has 138 valence electrons. The molecule has 2 N–H and O–H groups in total. The topological polar surface area (TPSA) is 27.3 Å². The minimum atomic E-state index is 0.137. The van der Waals surface area contributed by atoms with Gasteiger partial charge in [-0.05, 0) is 79.9 Å². The summed E-state index contributed by atoms with van der Waals surface area (Å²) in [5.74, 6) is 0.851. The van der Waals surface area contributed by atoms with Crippen molar-refractivity contribution in [3.05, 3.63) is 59.1 Å². The molecule has 1 saturated heterocycles. The summed E-state index contributed by atoms with van der Waals surface area (Å²) in [7, 11) is 0. The number of hydrogen-bond donors (Lipinski definition) is 2. The molecular formula is C21H26ClN3S. The van der Waals surface area contributed by atoms with Gasteiger partial charge in [0.25, 0.3) is 0 Å². The second-order valence-electron chi connectivity index (χ2n) is 7.09. The van der Waals surface area contributed by atoms with E-state index in [1.807, 2.05) is 24.3 Å². The van der Waals surface area contributed by atoms with Crippen LogP contribution in [0.5, 0.6) is 0 Å². The van der Waals surface area contributed by atoms with Gasteiger partial charge >= 0.3 is 0 Å². The first kappa shape index (κ1) is 19.0. The van der Waals surface area contributed by atoms with Gasteiger partial charge in [0.1, 0.15) is 0 Å². The van der Waals surface area contributed by atoms with E-state index >= 15 is 0 Å². The van der Waals surface area contributed by atoms with Crippen LogP contribution in [0.4, 0.5) is 11.4 Å². The highest BCUT2D eigenvalue weighted by molar-refractivity contribution is 7.80. The molecule has 1 aliphatic heterocycles. The Hall–Kier alpha value is -1.78. The van der Waals surface area contributed by atoms with E-state index in [9.17, 15) is 0 Å². The van der Waals surface area contributed by atoms with Crippen LogP contribution in [0.1, 0.15) is 38.3 Å². The Balaban J connectivity index is 1.54. The third-order valence-corrected chi connectivity index (χ3v) is 5.46. The van der Waals surface area contributed by atoms with Crippen molar-refractivity contribution in [3.8, 4) is 0 Å². The molecule has 3 nitrogen and oxygen atoms in total. The van der Waals surface area contributed by atoms with Crippen molar-refractivity contribution in [2.45, 2.75) is 32.7 Å². The SMILES string of the molecule is CC1CCN(c2ccc(C(C)NC(=S)Nc3ccc(Cl)cc3)cc2)CC1. The summed E-state index contributed by atoms with van der Waals surface area (Å²) < 4.78 is 0. The Morgan fingerprint density at radius 3 is 2.31 bits per heavy atom. The van der Waals surface area contributed by atoms with Crippen molar-refractivity contribution in [1.82, 2.24) is 5.32 Å². The predicted molar refractivity (Wildman–Crippen MR) is 116 cm³/mol. The van der Waals surface area contributed by atoms with Gasteiger partial charge in [-0.3, -0.25) is 0 Å². The fourth-order valence-corrected chi connectivity index (χ4v) is 3.64. The Kier molecular flexibility index (Phi) is 6.38. The van der Waals surface area contributed by atoms with E-state index in [0.717, 1.165) is 24.7 Å². The molecule has 0 aromatic heterocycles. The number of nitrogens with zero attached hydrogens (tertiary/aromatic N) is 1. The maximum atomic E-state index is 5.91. The van der Waals surface area contributed by atoms with Crippen molar-refractivity contribution in [2.75, 3.05) is 23.3 Å². The van der Waals surface area contributed by atoms with Crippen molar-refractivity contribution in [2.24, 2.45) is 5.92 Å². The number of nitrogens with one attached hydrogen (secondary N) is 2. The zero-order valence-electron chi connectivity index (χ0n) is 15.3. The normalized spacial score (nSPS) is 16.2. The molecule has 0 spiro atoms. The van der Waals surface area contributed by atoms with Crippen LogP contribution in [0.25, 0.3) is 0 Å². The fraction of sp³-hybridized carbons (Fsp3) is 0.381. The maximum absolute atomic E-state index is 5.91. The summed E-state index contributed by atoms with van der Waals surface area (Å²) in [6.07, 6.45) is 2.56. The quantitative estimate of drug-likeness (QED) is 0.665. The molecule has 5 heteroatoms. The number of benzene rings is 2. The summed E-state index contributed by atoms with van der Waals surface area (Å²) in [6, 6.07) is 16.5. The number of halogens is 1. The Labute approximate surface area is 166 Å². The van der Waals surface area contributed by atoms with E-state index in [-0.39, 0.29) is 6.04 Å². The number of thiocarbonyl (C=S) groups is 1. The van der Waals surface area contributed by atoms with E-state index in [4.69, 9.17) is 23.8 Å². The first-order valence-corrected chi connectivity index (χ1v) is 9.98. The van der Waals surface area contributed by atoms with Crippen LogP contribution in [0, 0.1) is 5.92 Å². The molecule has 0 saturated carbocycles. The van der Waals surface area contributed by atoms with Crippen molar-refractivity contribution >= 4 is 40.3 Å². The molecule has 2 aromatic rings. The molecule has 1 fully saturated rings. The summed E-state index contributed by atoms with van der Waals surface area (Å²) in [5.41, 5.74) is 3.46. The number of anilines is 2. The van der Waals surface area contributed by atoms with Crippen LogP contribution in [0.2, 0.25) is 5.02 Å². The van der Waals surface area contributed by atoms with Gasteiger partial charge in [-0.1, -0.05) is 30.7 Å². The van der Waals surface area contributed by atoms with Crippen LogP contribution in [0.3, 0.4) is 0 Å². The van der Waals surface area contributed by atoms with Crippen LogP contribution in [-0.4, -0.2) is 18.2 Å². The van der Waals surface area contributed by atoms with Gasteiger partial charge in [0.05, 0.1) is 6.04 Å². The van der Waals surface area contributed by atoms with E-state index in [1.54, 1.807) is 0 Å². The fourth-order valence-electron chi connectivity index (χ4n) is 3.22.